The van der Waals surface area contributed by atoms with Crippen molar-refractivity contribution in [3.63, 3.8) is 0 Å². The van der Waals surface area contributed by atoms with Gasteiger partial charge in [0.2, 0.25) is 5.91 Å². The zero-order chi connectivity index (χ0) is 20.5. The molecule has 0 saturated carbocycles. The van der Waals surface area contributed by atoms with Crippen LogP contribution in [0.25, 0.3) is 0 Å². The number of hydrogen-bond acceptors (Lipinski definition) is 4. The van der Waals surface area contributed by atoms with Gasteiger partial charge in [-0.25, -0.2) is 0 Å². The lowest BCUT2D eigenvalue weighted by Gasteiger charge is -2.09. The summed E-state index contributed by atoms with van der Waals surface area (Å²) in [6.07, 6.45) is 0. The second-order valence-corrected chi connectivity index (χ2v) is 6.90. The van der Waals surface area contributed by atoms with Gasteiger partial charge in [0.05, 0.1) is 18.8 Å². The van der Waals surface area contributed by atoms with Gasteiger partial charge in [-0.05, 0) is 43.2 Å². The highest BCUT2D eigenvalue weighted by atomic mass is 16.5. The number of carbonyl (C=O) groups is 1. The molecule has 1 N–H and O–H groups in total. The van der Waals surface area contributed by atoms with E-state index in [-0.39, 0.29) is 12.5 Å². The summed E-state index contributed by atoms with van der Waals surface area (Å²) in [5.41, 5.74) is 4.34. The molecule has 1 amide bonds. The lowest BCUT2D eigenvalue weighted by Crippen LogP contribution is -2.28. The van der Waals surface area contributed by atoms with Gasteiger partial charge in [0.1, 0.15) is 19.0 Å². The van der Waals surface area contributed by atoms with Gasteiger partial charge in [-0.2, -0.15) is 5.10 Å². The molecule has 3 aromatic rings. The Kier molecular flexibility index (Phi) is 7.41. The maximum absolute atomic E-state index is 12.0. The lowest BCUT2D eigenvalue weighted by molar-refractivity contribution is -0.126. The predicted molar refractivity (Wildman–Crippen MR) is 112 cm³/mol. The molecule has 3 rings (SSSR count). The number of amides is 1. The third kappa shape index (κ3) is 6.76. The fourth-order valence-electron chi connectivity index (χ4n) is 3.00. The van der Waals surface area contributed by atoms with Crippen LogP contribution in [0.15, 0.2) is 60.7 Å². The fourth-order valence-corrected chi connectivity index (χ4v) is 3.00. The topological polar surface area (TPSA) is 65.4 Å². The Morgan fingerprint density at radius 3 is 2.55 bits per heavy atom. The summed E-state index contributed by atoms with van der Waals surface area (Å²) in [6, 6.07) is 19.7. The van der Waals surface area contributed by atoms with Crippen molar-refractivity contribution in [1.82, 2.24) is 15.1 Å². The van der Waals surface area contributed by atoms with Crippen LogP contribution in [0.3, 0.4) is 0 Å². The number of aromatic nitrogens is 2. The van der Waals surface area contributed by atoms with Gasteiger partial charge in [-0.1, -0.05) is 42.5 Å². The number of nitrogens with one attached hydrogen (secondary N) is 1. The number of carbonyl (C=O) groups excluding carboxylic acids is 1. The van der Waals surface area contributed by atoms with Gasteiger partial charge in [-0.3, -0.25) is 9.48 Å². The van der Waals surface area contributed by atoms with Crippen molar-refractivity contribution in [2.45, 2.75) is 26.9 Å². The average molecular weight is 393 g/mol. The van der Waals surface area contributed by atoms with Crippen LogP contribution in [0.5, 0.6) is 5.75 Å². The number of nitrogens with zero attached hydrogens (tertiary/aromatic N) is 2. The molecule has 0 aliphatic heterocycles. The summed E-state index contributed by atoms with van der Waals surface area (Å²) in [5, 5.41) is 7.38. The van der Waals surface area contributed by atoms with E-state index in [1.807, 2.05) is 54.1 Å². The smallest absolute Gasteiger partial charge is 0.246 e. The van der Waals surface area contributed by atoms with Crippen LogP contribution >= 0.6 is 0 Å². The van der Waals surface area contributed by atoms with Crippen molar-refractivity contribution >= 4 is 5.91 Å². The van der Waals surface area contributed by atoms with E-state index >= 15 is 0 Å². The number of benzene rings is 2. The summed E-state index contributed by atoms with van der Waals surface area (Å²) in [7, 11) is 0. The third-order valence-electron chi connectivity index (χ3n) is 4.39. The molecule has 0 fully saturated rings. The van der Waals surface area contributed by atoms with Crippen LogP contribution in [0.1, 0.15) is 22.5 Å². The molecular formula is C23H27N3O3. The Morgan fingerprint density at radius 1 is 1.00 bits per heavy atom. The first-order chi connectivity index (χ1) is 14.1. The van der Waals surface area contributed by atoms with Crippen molar-refractivity contribution in [1.29, 1.82) is 0 Å². The minimum Gasteiger partial charge on any atom is -0.491 e. The number of aryl methyl sites for hydroxylation is 2. The van der Waals surface area contributed by atoms with E-state index in [4.69, 9.17) is 9.47 Å². The van der Waals surface area contributed by atoms with Gasteiger partial charge < -0.3 is 14.8 Å². The number of hydrogen-bond donors (Lipinski definition) is 1. The summed E-state index contributed by atoms with van der Waals surface area (Å²) < 4.78 is 12.9. The second-order valence-electron chi connectivity index (χ2n) is 6.90. The Balaban J connectivity index is 1.37. The summed E-state index contributed by atoms with van der Waals surface area (Å²) >= 11 is 0. The Morgan fingerprint density at radius 2 is 1.79 bits per heavy atom. The SMILES string of the molecule is Cc1cc(C)n(Cc2cccc(CNC(=O)COCCOc3ccccc3)c2)n1. The molecular weight excluding hydrogens is 366 g/mol. The maximum atomic E-state index is 12.0. The highest BCUT2D eigenvalue weighted by Crippen LogP contribution is 2.10. The maximum Gasteiger partial charge on any atom is 0.246 e. The van der Waals surface area contributed by atoms with Crippen LogP contribution in [0.4, 0.5) is 0 Å². The zero-order valence-electron chi connectivity index (χ0n) is 16.9. The molecule has 0 aliphatic carbocycles. The highest BCUT2D eigenvalue weighted by molar-refractivity contribution is 5.77. The minimum atomic E-state index is -0.145. The molecule has 0 aliphatic rings. The van der Waals surface area contributed by atoms with Crippen molar-refractivity contribution < 1.29 is 14.3 Å². The Hall–Kier alpha value is -3.12. The molecule has 0 atom stereocenters. The molecule has 152 valence electrons. The van der Waals surface area contributed by atoms with E-state index < -0.39 is 0 Å². The van der Waals surface area contributed by atoms with Gasteiger partial charge in [-0.15, -0.1) is 0 Å². The molecule has 0 radical (unpaired) electrons. The summed E-state index contributed by atoms with van der Waals surface area (Å²) in [4.78, 5) is 12.0. The van der Waals surface area contributed by atoms with E-state index in [1.165, 1.54) is 0 Å². The van der Waals surface area contributed by atoms with Crippen LogP contribution in [0, 0.1) is 13.8 Å². The van der Waals surface area contributed by atoms with E-state index in [2.05, 4.69) is 35.5 Å². The van der Waals surface area contributed by atoms with Gasteiger partial charge in [0.15, 0.2) is 0 Å². The first-order valence-corrected chi connectivity index (χ1v) is 9.71. The monoisotopic (exact) mass is 393 g/mol. The van der Waals surface area contributed by atoms with Crippen molar-refractivity contribution in [2.75, 3.05) is 19.8 Å². The molecule has 1 aromatic heterocycles. The lowest BCUT2D eigenvalue weighted by atomic mass is 10.1. The summed E-state index contributed by atoms with van der Waals surface area (Å²) in [5.74, 6) is 0.648. The predicted octanol–water partition coefficient (Wildman–Crippen LogP) is 3.26. The molecule has 29 heavy (non-hydrogen) atoms. The minimum absolute atomic E-state index is 0.0175. The van der Waals surface area contributed by atoms with Gasteiger partial charge in [0, 0.05) is 12.2 Å². The third-order valence-corrected chi connectivity index (χ3v) is 4.39. The standard InChI is InChI=1S/C23H27N3O3/c1-18-13-19(2)26(25-18)16-21-8-6-7-20(14-21)15-24-23(27)17-28-11-12-29-22-9-4-3-5-10-22/h3-10,13-14H,11-12,15-17H2,1-2H3,(H,24,27). The van der Waals surface area contributed by atoms with Crippen LogP contribution in [0.2, 0.25) is 0 Å². The Labute approximate surface area is 171 Å². The molecule has 6 heteroatoms. The van der Waals surface area contributed by atoms with Crippen LogP contribution in [-0.2, 0) is 22.6 Å². The van der Waals surface area contributed by atoms with Crippen LogP contribution in [-0.4, -0.2) is 35.5 Å². The molecule has 0 unspecified atom stereocenters. The molecule has 6 nitrogen and oxygen atoms in total. The molecule has 0 spiro atoms. The van der Waals surface area contributed by atoms with Crippen molar-refractivity contribution in [3.05, 3.63) is 83.2 Å². The number of rotatable bonds is 10. The second kappa shape index (κ2) is 10.4. The fraction of sp³-hybridized carbons (Fsp3) is 0.304. The van der Waals surface area contributed by atoms with E-state index in [1.54, 1.807) is 0 Å². The van der Waals surface area contributed by atoms with Gasteiger partial charge in [0.25, 0.3) is 0 Å². The first-order valence-electron chi connectivity index (χ1n) is 9.71. The highest BCUT2D eigenvalue weighted by Gasteiger charge is 2.05. The van der Waals surface area contributed by atoms with E-state index in [0.717, 1.165) is 28.3 Å². The van der Waals surface area contributed by atoms with E-state index in [0.29, 0.717) is 26.3 Å². The Bertz CT molecular complexity index is 922. The van der Waals surface area contributed by atoms with Crippen molar-refractivity contribution in [3.8, 4) is 5.75 Å². The zero-order valence-corrected chi connectivity index (χ0v) is 16.9. The average Bonchev–Trinajstić information content (AvgIpc) is 3.04. The molecule has 1 heterocycles. The van der Waals surface area contributed by atoms with Gasteiger partial charge >= 0.3 is 0 Å². The largest absolute Gasteiger partial charge is 0.491 e. The van der Waals surface area contributed by atoms with E-state index in [9.17, 15) is 4.79 Å². The first kappa shape index (κ1) is 20.6. The number of ether oxygens (including phenoxy) is 2. The normalized spacial score (nSPS) is 10.7. The summed E-state index contributed by atoms with van der Waals surface area (Å²) in [6.45, 7) is 6.01. The van der Waals surface area contributed by atoms with Crippen molar-refractivity contribution in [2.24, 2.45) is 0 Å². The van der Waals surface area contributed by atoms with Crippen LogP contribution < -0.4 is 10.1 Å². The molecule has 0 saturated heterocycles. The quantitative estimate of drug-likeness (QED) is 0.537. The molecule has 0 bridgehead atoms. The number of para-hydroxylation sites is 1. The molecule has 2 aromatic carbocycles.